The predicted octanol–water partition coefficient (Wildman–Crippen LogP) is 4.72. The van der Waals surface area contributed by atoms with Gasteiger partial charge in [-0.1, -0.05) is 36.8 Å². The fourth-order valence-corrected chi connectivity index (χ4v) is 4.26. The minimum atomic E-state index is -4.85. The van der Waals surface area contributed by atoms with E-state index in [4.69, 9.17) is 0 Å². The second-order valence-electron chi connectivity index (χ2n) is 6.98. The minimum Gasteiger partial charge on any atom is -0.405 e. The van der Waals surface area contributed by atoms with Crippen molar-refractivity contribution in [1.82, 2.24) is 4.90 Å². The van der Waals surface area contributed by atoms with E-state index in [1.54, 1.807) is 0 Å². The first kappa shape index (κ1) is 20.7. The van der Waals surface area contributed by atoms with E-state index < -0.39 is 16.2 Å². The van der Waals surface area contributed by atoms with Crippen molar-refractivity contribution in [2.24, 2.45) is 0 Å². The maximum Gasteiger partial charge on any atom is 0.573 e. The first-order valence-electron chi connectivity index (χ1n) is 9.01. The number of sulfone groups is 1. The van der Waals surface area contributed by atoms with Crippen LogP contribution in [0.3, 0.4) is 0 Å². The summed E-state index contributed by atoms with van der Waals surface area (Å²) < 4.78 is 66.4. The van der Waals surface area contributed by atoms with Crippen LogP contribution in [0.25, 0.3) is 0 Å². The number of nitrogens with zero attached hydrogens (tertiary/aromatic N) is 1. The normalized spacial score (nSPS) is 18.8. The number of likely N-dealkylation sites (tertiary alicyclic amines) is 1. The first-order valence-corrected chi connectivity index (χ1v) is 10.9. The zero-order chi connectivity index (χ0) is 20.4. The average Bonchev–Trinajstić information content (AvgIpc) is 2.62. The van der Waals surface area contributed by atoms with Gasteiger partial charge < -0.3 is 4.74 Å². The summed E-state index contributed by atoms with van der Waals surface area (Å²) in [5.41, 5.74) is 1.31. The Morgan fingerprint density at radius 3 is 2.46 bits per heavy atom. The quantitative estimate of drug-likeness (QED) is 0.712. The van der Waals surface area contributed by atoms with Gasteiger partial charge in [0.05, 0.1) is 4.90 Å². The van der Waals surface area contributed by atoms with Gasteiger partial charge in [-0.3, -0.25) is 4.90 Å². The Bertz CT molecular complexity index is 914. The zero-order valence-electron chi connectivity index (χ0n) is 15.4. The molecule has 3 rings (SSSR count). The predicted molar refractivity (Wildman–Crippen MR) is 99.7 cm³/mol. The topological polar surface area (TPSA) is 46.6 Å². The Hall–Kier alpha value is -2.06. The molecule has 28 heavy (non-hydrogen) atoms. The molecule has 2 aromatic carbocycles. The van der Waals surface area contributed by atoms with Crippen LogP contribution in [-0.4, -0.2) is 32.5 Å². The lowest BCUT2D eigenvalue weighted by molar-refractivity contribution is -0.275. The van der Waals surface area contributed by atoms with Gasteiger partial charge in [0.25, 0.3) is 0 Å². The Morgan fingerprint density at radius 2 is 1.82 bits per heavy atom. The van der Waals surface area contributed by atoms with Crippen LogP contribution in [0, 0.1) is 0 Å². The largest absolute Gasteiger partial charge is 0.573 e. The standard InChI is InChI=1S/C20H22F3NO3S/c1-28(25,26)17-10-11-19(27-20(21,22)23)16(13-17)14-24-12-6-5-9-18(24)15-7-3-2-4-8-15/h2-4,7-8,10-11,13,18H,5-6,9,12,14H2,1H3. The third-order valence-corrected chi connectivity index (χ3v) is 5.97. The summed E-state index contributed by atoms with van der Waals surface area (Å²) in [6, 6.07) is 13.4. The maximum atomic E-state index is 12.8. The molecule has 8 heteroatoms. The fraction of sp³-hybridized carbons (Fsp3) is 0.400. The highest BCUT2D eigenvalue weighted by Crippen LogP contribution is 2.35. The van der Waals surface area contributed by atoms with Crippen molar-refractivity contribution in [3.05, 3.63) is 59.7 Å². The molecule has 1 saturated heterocycles. The highest BCUT2D eigenvalue weighted by Gasteiger charge is 2.33. The van der Waals surface area contributed by atoms with Gasteiger partial charge >= 0.3 is 6.36 Å². The Balaban J connectivity index is 1.95. The number of benzene rings is 2. The van der Waals surface area contributed by atoms with E-state index in [0.29, 0.717) is 6.54 Å². The van der Waals surface area contributed by atoms with Crippen molar-refractivity contribution in [3.8, 4) is 5.75 Å². The third kappa shape index (κ3) is 5.26. The summed E-state index contributed by atoms with van der Waals surface area (Å²) in [7, 11) is -3.55. The Kier molecular flexibility index (Phi) is 6.00. The Morgan fingerprint density at radius 1 is 1.11 bits per heavy atom. The smallest absolute Gasteiger partial charge is 0.405 e. The van der Waals surface area contributed by atoms with Gasteiger partial charge in [-0.25, -0.2) is 8.42 Å². The minimum absolute atomic E-state index is 0.0229. The highest BCUT2D eigenvalue weighted by atomic mass is 32.2. The third-order valence-electron chi connectivity index (χ3n) is 4.86. The molecule has 1 fully saturated rings. The van der Waals surface area contributed by atoms with Crippen molar-refractivity contribution in [2.45, 2.75) is 43.1 Å². The molecule has 0 bridgehead atoms. The lowest BCUT2D eigenvalue weighted by Crippen LogP contribution is -2.33. The summed E-state index contributed by atoms with van der Waals surface area (Å²) >= 11 is 0. The van der Waals surface area contributed by atoms with Crippen LogP contribution < -0.4 is 4.74 Å². The maximum absolute atomic E-state index is 12.8. The van der Waals surface area contributed by atoms with Crippen LogP contribution in [0.2, 0.25) is 0 Å². The second-order valence-corrected chi connectivity index (χ2v) is 9.00. The van der Waals surface area contributed by atoms with Gasteiger partial charge in [-0.05, 0) is 43.1 Å². The lowest BCUT2D eigenvalue weighted by atomic mass is 9.94. The molecule has 1 unspecified atom stereocenters. The van der Waals surface area contributed by atoms with E-state index in [2.05, 4.69) is 9.64 Å². The molecule has 152 valence electrons. The number of halogens is 3. The van der Waals surface area contributed by atoms with Crippen molar-refractivity contribution >= 4 is 9.84 Å². The summed E-state index contributed by atoms with van der Waals surface area (Å²) in [6.45, 7) is 0.891. The van der Waals surface area contributed by atoms with Crippen molar-refractivity contribution in [1.29, 1.82) is 0 Å². The number of rotatable bonds is 5. The van der Waals surface area contributed by atoms with Crippen LogP contribution in [0.1, 0.15) is 36.4 Å². The van der Waals surface area contributed by atoms with Crippen molar-refractivity contribution < 1.29 is 26.3 Å². The SMILES string of the molecule is CS(=O)(=O)c1ccc(OC(F)(F)F)c(CN2CCCCC2c2ccccc2)c1. The van der Waals surface area contributed by atoms with E-state index in [9.17, 15) is 21.6 Å². The summed E-state index contributed by atoms with van der Waals surface area (Å²) in [5, 5.41) is 0. The molecule has 0 radical (unpaired) electrons. The molecule has 1 atom stereocenters. The molecule has 1 aliphatic heterocycles. The molecule has 0 N–H and O–H groups in total. The van der Waals surface area contributed by atoms with E-state index in [-0.39, 0.29) is 28.8 Å². The van der Waals surface area contributed by atoms with Crippen molar-refractivity contribution in [3.63, 3.8) is 0 Å². The molecule has 4 nitrogen and oxygen atoms in total. The van der Waals surface area contributed by atoms with Crippen LogP contribution in [0.15, 0.2) is 53.4 Å². The summed E-state index contributed by atoms with van der Waals surface area (Å²) in [6.07, 6.45) is -0.951. The number of piperidine rings is 1. The lowest BCUT2D eigenvalue weighted by Gasteiger charge is -2.36. The van der Waals surface area contributed by atoms with E-state index in [1.807, 2.05) is 30.3 Å². The molecule has 0 amide bonds. The second kappa shape index (κ2) is 8.13. The van der Waals surface area contributed by atoms with Crippen molar-refractivity contribution in [2.75, 3.05) is 12.8 Å². The zero-order valence-corrected chi connectivity index (χ0v) is 16.3. The molecule has 1 aliphatic rings. The molecule has 2 aromatic rings. The summed E-state index contributed by atoms with van der Waals surface area (Å²) in [4.78, 5) is 2.06. The van der Waals surface area contributed by atoms with Gasteiger partial charge in [0, 0.05) is 24.4 Å². The molecule has 0 spiro atoms. The molecule has 1 heterocycles. The van der Waals surface area contributed by atoms with Gasteiger partial charge in [0.2, 0.25) is 0 Å². The molecule has 0 aliphatic carbocycles. The number of alkyl halides is 3. The average molecular weight is 413 g/mol. The van der Waals surface area contributed by atoms with Crippen LogP contribution in [-0.2, 0) is 16.4 Å². The van der Waals surface area contributed by atoms with Gasteiger partial charge in [0.15, 0.2) is 9.84 Å². The monoisotopic (exact) mass is 413 g/mol. The number of hydrogen-bond donors (Lipinski definition) is 0. The van der Waals surface area contributed by atoms with E-state index in [0.717, 1.165) is 43.2 Å². The molecular formula is C20H22F3NO3S. The fourth-order valence-electron chi connectivity index (χ4n) is 3.59. The molecule has 0 aromatic heterocycles. The van der Waals surface area contributed by atoms with Crippen LogP contribution in [0.5, 0.6) is 5.75 Å². The van der Waals surface area contributed by atoms with Gasteiger partial charge in [0.1, 0.15) is 5.75 Å². The Labute approximate surface area is 162 Å². The number of ether oxygens (including phenoxy) is 1. The van der Waals surface area contributed by atoms with E-state index >= 15 is 0 Å². The van der Waals surface area contributed by atoms with Gasteiger partial charge in [-0.15, -0.1) is 13.2 Å². The van der Waals surface area contributed by atoms with Crippen LogP contribution in [0.4, 0.5) is 13.2 Å². The van der Waals surface area contributed by atoms with Gasteiger partial charge in [-0.2, -0.15) is 0 Å². The molecule has 0 saturated carbocycles. The number of hydrogen-bond acceptors (Lipinski definition) is 4. The highest BCUT2D eigenvalue weighted by molar-refractivity contribution is 7.90. The summed E-state index contributed by atoms with van der Waals surface area (Å²) in [5.74, 6) is -0.364. The molecular weight excluding hydrogens is 391 g/mol. The first-order chi connectivity index (χ1) is 13.1. The van der Waals surface area contributed by atoms with Crippen LogP contribution >= 0.6 is 0 Å². The van der Waals surface area contributed by atoms with E-state index in [1.165, 1.54) is 6.07 Å².